The van der Waals surface area contributed by atoms with Crippen LogP contribution in [-0.4, -0.2) is 28.7 Å². The Hall–Kier alpha value is -4.25. The average Bonchev–Trinajstić information content (AvgIpc) is 2.75. The van der Waals surface area contributed by atoms with Gasteiger partial charge in [-0.3, -0.25) is 4.79 Å². The first-order valence-corrected chi connectivity index (χ1v) is 8.79. The number of nitriles is 1. The largest absolute Gasteiger partial charge is 0.462 e. The summed E-state index contributed by atoms with van der Waals surface area (Å²) >= 11 is 0. The molecule has 3 aromatic rings. The van der Waals surface area contributed by atoms with Gasteiger partial charge in [-0.15, -0.1) is 10.2 Å². The molecule has 0 atom stereocenters. The van der Waals surface area contributed by atoms with E-state index in [2.05, 4.69) is 20.8 Å². The molecule has 0 bridgehead atoms. The summed E-state index contributed by atoms with van der Waals surface area (Å²) in [5, 5.41) is 22.7. The maximum Gasteiger partial charge on any atom is 0.338 e. The Morgan fingerprint density at radius 2 is 1.79 bits per heavy atom. The molecule has 144 valence electrons. The van der Waals surface area contributed by atoms with Crippen molar-refractivity contribution in [3.8, 4) is 6.07 Å². The van der Waals surface area contributed by atoms with Gasteiger partial charge in [0.15, 0.2) is 11.5 Å². The van der Waals surface area contributed by atoms with Crippen LogP contribution >= 0.6 is 0 Å². The number of anilines is 3. The van der Waals surface area contributed by atoms with Crippen LogP contribution in [0.15, 0.2) is 60.7 Å². The number of para-hydroxylation sites is 1. The minimum atomic E-state index is -0.467. The zero-order chi connectivity index (χ0) is 20.6. The van der Waals surface area contributed by atoms with Crippen molar-refractivity contribution in [1.82, 2.24) is 10.2 Å². The van der Waals surface area contributed by atoms with Gasteiger partial charge in [0.1, 0.15) is 6.07 Å². The lowest BCUT2D eigenvalue weighted by molar-refractivity contribution is 0.0526. The summed E-state index contributed by atoms with van der Waals surface area (Å²) in [6, 6.07) is 18.6. The molecule has 0 saturated heterocycles. The Kier molecular flexibility index (Phi) is 6.12. The summed E-state index contributed by atoms with van der Waals surface area (Å²) in [6.07, 6.45) is 0. The van der Waals surface area contributed by atoms with Crippen LogP contribution in [0.4, 0.5) is 17.2 Å². The van der Waals surface area contributed by atoms with E-state index in [1.165, 1.54) is 6.07 Å². The standard InChI is InChI=1S/C21H17N5O3/c1-2-29-21(28)14-7-9-16(10-8-14)23-19-12-11-18(25-26-19)20(27)24-17-6-4-3-5-15(17)13-22/h3-12H,2H2,1H3,(H,23,26)(H,24,27). The molecule has 29 heavy (non-hydrogen) atoms. The van der Waals surface area contributed by atoms with Crippen molar-refractivity contribution in [2.24, 2.45) is 0 Å². The molecule has 0 aliphatic rings. The number of carbonyl (C=O) groups is 2. The number of benzene rings is 2. The van der Waals surface area contributed by atoms with Crippen molar-refractivity contribution in [1.29, 1.82) is 5.26 Å². The van der Waals surface area contributed by atoms with E-state index >= 15 is 0 Å². The maximum absolute atomic E-state index is 12.3. The molecule has 1 aromatic heterocycles. The van der Waals surface area contributed by atoms with E-state index in [1.807, 2.05) is 6.07 Å². The fourth-order valence-corrected chi connectivity index (χ4v) is 2.45. The molecule has 8 heteroatoms. The number of nitrogens with zero attached hydrogens (tertiary/aromatic N) is 3. The van der Waals surface area contributed by atoms with Crippen LogP contribution in [-0.2, 0) is 4.74 Å². The van der Waals surface area contributed by atoms with Crippen molar-refractivity contribution in [2.75, 3.05) is 17.2 Å². The second-order valence-corrected chi connectivity index (χ2v) is 5.84. The highest BCUT2D eigenvalue weighted by Gasteiger charge is 2.11. The normalized spacial score (nSPS) is 9.93. The summed E-state index contributed by atoms with van der Waals surface area (Å²) < 4.78 is 4.94. The van der Waals surface area contributed by atoms with Gasteiger partial charge in [0.2, 0.25) is 0 Å². The number of carbonyl (C=O) groups excluding carboxylic acids is 2. The Bertz CT molecular complexity index is 1060. The first kappa shape index (κ1) is 19.5. The number of esters is 1. The van der Waals surface area contributed by atoms with Gasteiger partial charge in [-0.05, 0) is 55.5 Å². The predicted molar refractivity (Wildman–Crippen MR) is 107 cm³/mol. The van der Waals surface area contributed by atoms with Crippen LogP contribution < -0.4 is 10.6 Å². The molecule has 0 spiro atoms. The molecule has 8 nitrogen and oxygen atoms in total. The lowest BCUT2D eigenvalue weighted by Crippen LogP contribution is -2.15. The summed E-state index contributed by atoms with van der Waals surface area (Å²) in [5.74, 6) is -0.416. The zero-order valence-corrected chi connectivity index (χ0v) is 15.5. The van der Waals surface area contributed by atoms with Gasteiger partial charge in [0.05, 0.1) is 23.4 Å². The zero-order valence-electron chi connectivity index (χ0n) is 15.5. The number of aromatic nitrogens is 2. The summed E-state index contributed by atoms with van der Waals surface area (Å²) in [4.78, 5) is 24.0. The number of ether oxygens (including phenoxy) is 1. The Labute approximate surface area is 167 Å². The van der Waals surface area contributed by atoms with Crippen LogP contribution in [0.25, 0.3) is 0 Å². The highest BCUT2D eigenvalue weighted by Crippen LogP contribution is 2.17. The molecule has 2 N–H and O–H groups in total. The number of nitrogens with one attached hydrogen (secondary N) is 2. The second kappa shape index (κ2) is 9.10. The van der Waals surface area contributed by atoms with Crippen molar-refractivity contribution in [2.45, 2.75) is 6.92 Å². The van der Waals surface area contributed by atoms with Gasteiger partial charge in [-0.2, -0.15) is 5.26 Å². The molecular formula is C21H17N5O3. The van der Waals surface area contributed by atoms with Gasteiger partial charge in [0.25, 0.3) is 5.91 Å². The highest BCUT2D eigenvalue weighted by atomic mass is 16.5. The molecule has 0 aliphatic heterocycles. The van der Waals surface area contributed by atoms with Crippen LogP contribution in [0.5, 0.6) is 0 Å². The summed E-state index contributed by atoms with van der Waals surface area (Å²) in [6.45, 7) is 2.06. The third-order valence-electron chi connectivity index (χ3n) is 3.86. The van der Waals surface area contributed by atoms with Gasteiger partial charge >= 0.3 is 5.97 Å². The highest BCUT2D eigenvalue weighted by molar-refractivity contribution is 6.03. The van der Waals surface area contributed by atoms with E-state index in [1.54, 1.807) is 61.5 Å². The van der Waals surface area contributed by atoms with E-state index in [0.717, 1.165) is 0 Å². The van der Waals surface area contributed by atoms with E-state index < -0.39 is 5.91 Å². The quantitative estimate of drug-likeness (QED) is 0.621. The van der Waals surface area contributed by atoms with Crippen LogP contribution in [0.2, 0.25) is 0 Å². The lowest BCUT2D eigenvalue weighted by atomic mass is 10.2. The Balaban J connectivity index is 1.65. The van der Waals surface area contributed by atoms with E-state index in [9.17, 15) is 9.59 Å². The molecule has 0 aliphatic carbocycles. The second-order valence-electron chi connectivity index (χ2n) is 5.84. The van der Waals surface area contributed by atoms with E-state index in [-0.39, 0.29) is 11.7 Å². The number of hydrogen-bond donors (Lipinski definition) is 2. The summed E-state index contributed by atoms with van der Waals surface area (Å²) in [5.41, 5.74) is 2.03. The molecule has 1 amide bonds. The van der Waals surface area contributed by atoms with Gasteiger partial charge in [-0.25, -0.2) is 4.79 Å². The number of rotatable bonds is 6. The predicted octanol–water partition coefficient (Wildman–Crippen LogP) is 3.52. The first-order chi connectivity index (χ1) is 14.1. The van der Waals surface area contributed by atoms with Crippen LogP contribution in [0, 0.1) is 11.3 Å². The molecule has 2 aromatic carbocycles. The molecule has 0 radical (unpaired) electrons. The fraction of sp³-hybridized carbons (Fsp3) is 0.0952. The van der Waals surface area contributed by atoms with E-state index in [4.69, 9.17) is 10.00 Å². The lowest BCUT2D eigenvalue weighted by Gasteiger charge is -2.08. The third kappa shape index (κ3) is 4.93. The third-order valence-corrected chi connectivity index (χ3v) is 3.86. The SMILES string of the molecule is CCOC(=O)c1ccc(Nc2ccc(C(=O)Nc3ccccc3C#N)nn2)cc1. The minimum Gasteiger partial charge on any atom is -0.462 e. The van der Waals surface area contributed by atoms with Crippen molar-refractivity contribution in [3.05, 3.63) is 77.5 Å². The number of hydrogen-bond acceptors (Lipinski definition) is 7. The molecule has 3 rings (SSSR count). The summed E-state index contributed by atoms with van der Waals surface area (Å²) in [7, 11) is 0. The maximum atomic E-state index is 12.3. The van der Waals surface area contributed by atoms with Crippen molar-refractivity contribution < 1.29 is 14.3 Å². The monoisotopic (exact) mass is 387 g/mol. The molecular weight excluding hydrogens is 370 g/mol. The molecule has 1 heterocycles. The molecule has 0 fully saturated rings. The molecule has 0 saturated carbocycles. The number of amides is 1. The molecule has 0 unspecified atom stereocenters. The Morgan fingerprint density at radius 3 is 2.45 bits per heavy atom. The van der Waals surface area contributed by atoms with Crippen LogP contribution in [0.1, 0.15) is 33.3 Å². The van der Waals surface area contributed by atoms with Crippen molar-refractivity contribution in [3.63, 3.8) is 0 Å². The minimum absolute atomic E-state index is 0.112. The van der Waals surface area contributed by atoms with Crippen LogP contribution in [0.3, 0.4) is 0 Å². The van der Waals surface area contributed by atoms with Crippen molar-refractivity contribution >= 4 is 29.1 Å². The van der Waals surface area contributed by atoms with Gasteiger partial charge in [0, 0.05) is 5.69 Å². The topological polar surface area (TPSA) is 117 Å². The fourth-order valence-electron chi connectivity index (χ4n) is 2.45. The first-order valence-electron chi connectivity index (χ1n) is 8.79. The smallest absolute Gasteiger partial charge is 0.338 e. The van der Waals surface area contributed by atoms with Gasteiger partial charge < -0.3 is 15.4 Å². The van der Waals surface area contributed by atoms with E-state index in [0.29, 0.717) is 34.9 Å². The Morgan fingerprint density at radius 1 is 1.03 bits per heavy atom. The van der Waals surface area contributed by atoms with Gasteiger partial charge in [-0.1, -0.05) is 12.1 Å². The average molecular weight is 387 g/mol.